The lowest BCUT2D eigenvalue weighted by Crippen LogP contribution is -2.57. The maximum atomic E-state index is 11.6. The Labute approximate surface area is 111 Å². The van der Waals surface area contributed by atoms with Crippen molar-refractivity contribution in [3.63, 3.8) is 0 Å². The van der Waals surface area contributed by atoms with E-state index in [1.807, 2.05) is 0 Å². The van der Waals surface area contributed by atoms with Crippen molar-refractivity contribution >= 4 is 17.6 Å². The predicted octanol–water partition coefficient (Wildman–Crippen LogP) is -1.25. The summed E-state index contributed by atoms with van der Waals surface area (Å²) in [5.74, 6) is -0.578. The number of rotatable bonds is 3. The van der Waals surface area contributed by atoms with Gasteiger partial charge in [-0.15, -0.1) is 0 Å². The molecular weight excluding hydrogens is 246 g/mol. The van der Waals surface area contributed by atoms with Gasteiger partial charge in [0.25, 0.3) is 5.91 Å². The van der Waals surface area contributed by atoms with Gasteiger partial charge in [0.1, 0.15) is 11.9 Å². The first-order valence-electron chi connectivity index (χ1n) is 6.04. The second-order valence-electron chi connectivity index (χ2n) is 4.51. The third-order valence-corrected chi connectivity index (χ3v) is 3.23. The number of anilines is 1. The molecule has 5 N–H and O–H groups in total. The van der Waals surface area contributed by atoms with Crippen molar-refractivity contribution in [2.45, 2.75) is 13.0 Å². The topological polar surface area (TPSA) is 114 Å². The SMILES string of the molecule is Cc1ccnc(N2CCNCC2C(N)=O)c1C(N)=O. The molecule has 1 fully saturated rings. The van der Waals surface area contributed by atoms with Crippen LogP contribution in [0.25, 0.3) is 0 Å². The van der Waals surface area contributed by atoms with E-state index in [0.717, 1.165) is 5.56 Å². The molecule has 1 saturated heterocycles. The molecular formula is C12H17N5O2. The third kappa shape index (κ3) is 2.50. The molecule has 1 aliphatic rings. The number of aromatic nitrogens is 1. The van der Waals surface area contributed by atoms with Gasteiger partial charge in [-0.2, -0.15) is 0 Å². The number of nitrogens with two attached hydrogens (primary N) is 2. The number of primary amides is 2. The van der Waals surface area contributed by atoms with Crippen LogP contribution >= 0.6 is 0 Å². The molecule has 19 heavy (non-hydrogen) atoms. The van der Waals surface area contributed by atoms with E-state index in [0.29, 0.717) is 31.0 Å². The zero-order chi connectivity index (χ0) is 14.0. The van der Waals surface area contributed by atoms with Gasteiger partial charge < -0.3 is 21.7 Å². The number of hydrogen-bond acceptors (Lipinski definition) is 5. The number of carbonyl (C=O) groups is 2. The van der Waals surface area contributed by atoms with Crippen molar-refractivity contribution in [2.75, 3.05) is 24.5 Å². The summed E-state index contributed by atoms with van der Waals surface area (Å²) in [7, 11) is 0. The quantitative estimate of drug-likeness (QED) is 0.630. The van der Waals surface area contributed by atoms with Crippen molar-refractivity contribution in [1.82, 2.24) is 10.3 Å². The zero-order valence-electron chi connectivity index (χ0n) is 10.7. The van der Waals surface area contributed by atoms with E-state index in [4.69, 9.17) is 11.5 Å². The van der Waals surface area contributed by atoms with Crippen LogP contribution in [0.4, 0.5) is 5.82 Å². The standard InChI is InChI=1S/C12H17N5O2/c1-7-2-3-16-12(9(7)11(14)19)17-5-4-15-6-8(17)10(13)18/h2-3,8,15H,4-6H2,1H3,(H2,13,18)(H2,14,19). The summed E-state index contributed by atoms with van der Waals surface area (Å²) >= 11 is 0. The summed E-state index contributed by atoms with van der Waals surface area (Å²) in [4.78, 5) is 29.0. The van der Waals surface area contributed by atoms with E-state index < -0.39 is 17.9 Å². The second-order valence-corrected chi connectivity index (χ2v) is 4.51. The molecule has 0 saturated carbocycles. The number of aryl methyl sites for hydroxylation is 1. The molecule has 0 bridgehead atoms. The van der Waals surface area contributed by atoms with E-state index >= 15 is 0 Å². The minimum Gasteiger partial charge on any atom is -0.368 e. The number of amides is 2. The fourth-order valence-electron chi connectivity index (χ4n) is 2.28. The monoisotopic (exact) mass is 263 g/mol. The van der Waals surface area contributed by atoms with Crippen molar-refractivity contribution in [1.29, 1.82) is 0 Å². The lowest BCUT2D eigenvalue weighted by atomic mass is 10.1. The summed E-state index contributed by atoms with van der Waals surface area (Å²) in [5, 5.41) is 3.09. The number of nitrogens with zero attached hydrogens (tertiary/aromatic N) is 2. The normalized spacial score (nSPS) is 19.2. The first-order chi connectivity index (χ1) is 9.02. The van der Waals surface area contributed by atoms with Crippen LogP contribution in [0, 0.1) is 6.92 Å². The molecule has 2 heterocycles. The van der Waals surface area contributed by atoms with Crippen LogP contribution in [0.15, 0.2) is 12.3 Å². The van der Waals surface area contributed by atoms with Gasteiger partial charge >= 0.3 is 0 Å². The van der Waals surface area contributed by atoms with E-state index in [-0.39, 0.29) is 0 Å². The number of carbonyl (C=O) groups excluding carboxylic acids is 2. The summed E-state index contributed by atoms with van der Waals surface area (Å²) in [6.07, 6.45) is 1.59. The van der Waals surface area contributed by atoms with Crippen molar-refractivity contribution < 1.29 is 9.59 Å². The predicted molar refractivity (Wildman–Crippen MR) is 70.7 cm³/mol. The number of hydrogen-bond donors (Lipinski definition) is 3. The molecule has 0 aliphatic carbocycles. The van der Waals surface area contributed by atoms with Gasteiger partial charge in [-0.05, 0) is 18.6 Å². The largest absolute Gasteiger partial charge is 0.368 e. The van der Waals surface area contributed by atoms with Gasteiger partial charge in [0.2, 0.25) is 5.91 Å². The molecule has 7 nitrogen and oxygen atoms in total. The Hall–Kier alpha value is -2.15. The van der Waals surface area contributed by atoms with Crippen LogP contribution in [0.1, 0.15) is 15.9 Å². The Balaban J connectivity index is 2.47. The van der Waals surface area contributed by atoms with Crippen LogP contribution in [-0.2, 0) is 4.79 Å². The van der Waals surface area contributed by atoms with Gasteiger partial charge in [0.15, 0.2) is 0 Å². The summed E-state index contributed by atoms with van der Waals surface area (Å²) in [5.41, 5.74) is 11.9. The van der Waals surface area contributed by atoms with Gasteiger partial charge in [0.05, 0.1) is 5.56 Å². The van der Waals surface area contributed by atoms with Crippen molar-refractivity contribution in [3.8, 4) is 0 Å². The summed E-state index contributed by atoms with van der Waals surface area (Å²) in [6, 6.07) is 1.19. The molecule has 7 heteroatoms. The fourth-order valence-corrected chi connectivity index (χ4v) is 2.28. The molecule has 1 aliphatic heterocycles. The van der Waals surface area contributed by atoms with Crippen LogP contribution in [0.3, 0.4) is 0 Å². The molecule has 0 spiro atoms. The van der Waals surface area contributed by atoms with Gasteiger partial charge in [0, 0.05) is 25.8 Å². The van der Waals surface area contributed by atoms with Crippen LogP contribution < -0.4 is 21.7 Å². The highest BCUT2D eigenvalue weighted by Crippen LogP contribution is 2.23. The first-order valence-corrected chi connectivity index (χ1v) is 6.04. The minimum absolute atomic E-state index is 0.343. The Morgan fingerprint density at radius 3 is 2.84 bits per heavy atom. The smallest absolute Gasteiger partial charge is 0.252 e. The maximum Gasteiger partial charge on any atom is 0.252 e. The van der Waals surface area contributed by atoms with Gasteiger partial charge in [-0.25, -0.2) is 4.98 Å². The maximum absolute atomic E-state index is 11.6. The van der Waals surface area contributed by atoms with E-state index in [1.165, 1.54) is 0 Å². The molecule has 1 aromatic heterocycles. The summed E-state index contributed by atoms with van der Waals surface area (Å²) in [6.45, 7) is 3.46. The molecule has 0 radical (unpaired) electrons. The molecule has 1 aromatic rings. The third-order valence-electron chi connectivity index (χ3n) is 3.23. The highest BCUT2D eigenvalue weighted by atomic mass is 16.2. The van der Waals surface area contributed by atoms with Crippen LogP contribution in [0.5, 0.6) is 0 Å². The average molecular weight is 263 g/mol. The first kappa shape index (κ1) is 13.3. The van der Waals surface area contributed by atoms with E-state index in [2.05, 4.69) is 10.3 Å². The van der Waals surface area contributed by atoms with Crippen molar-refractivity contribution in [2.24, 2.45) is 11.5 Å². The fraction of sp³-hybridized carbons (Fsp3) is 0.417. The molecule has 1 unspecified atom stereocenters. The number of piperazine rings is 1. The second kappa shape index (κ2) is 5.23. The number of pyridine rings is 1. The van der Waals surface area contributed by atoms with Crippen molar-refractivity contribution in [3.05, 3.63) is 23.4 Å². The van der Waals surface area contributed by atoms with E-state index in [9.17, 15) is 9.59 Å². The Kier molecular flexibility index (Phi) is 3.66. The summed E-state index contributed by atoms with van der Waals surface area (Å²) < 4.78 is 0. The zero-order valence-corrected chi connectivity index (χ0v) is 10.7. The molecule has 1 atom stereocenters. The van der Waals surface area contributed by atoms with E-state index in [1.54, 1.807) is 24.1 Å². The Bertz CT molecular complexity index is 517. The Morgan fingerprint density at radius 1 is 1.47 bits per heavy atom. The van der Waals surface area contributed by atoms with Gasteiger partial charge in [-0.3, -0.25) is 9.59 Å². The average Bonchev–Trinajstić information content (AvgIpc) is 2.37. The van der Waals surface area contributed by atoms with Gasteiger partial charge in [-0.1, -0.05) is 0 Å². The Morgan fingerprint density at radius 2 is 2.21 bits per heavy atom. The molecule has 0 aromatic carbocycles. The van der Waals surface area contributed by atoms with Crippen LogP contribution in [0.2, 0.25) is 0 Å². The lowest BCUT2D eigenvalue weighted by Gasteiger charge is -2.36. The highest BCUT2D eigenvalue weighted by molar-refractivity contribution is 6.00. The molecule has 2 rings (SSSR count). The molecule has 2 amide bonds. The highest BCUT2D eigenvalue weighted by Gasteiger charge is 2.30. The minimum atomic E-state index is -0.553. The van der Waals surface area contributed by atoms with Crippen LogP contribution in [-0.4, -0.2) is 42.5 Å². The lowest BCUT2D eigenvalue weighted by molar-refractivity contribution is -0.119. The molecule has 102 valence electrons. The number of nitrogens with one attached hydrogen (secondary N) is 1.